The monoisotopic (exact) mass is 412 g/mol. The Morgan fingerprint density at radius 2 is 1.70 bits per heavy atom. The summed E-state index contributed by atoms with van der Waals surface area (Å²) in [5.74, 6) is 0.532. The van der Waals surface area contributed by atoms with Gasteiger partial charge >= 0.3 is 0 Å². The molecule has 0 bridgehead atoms. The zero-order chi connectivity index (χ0) is 21.9. The molecule has 0 saturated heterocycles. The highest BCUT2D eigenvalue weighted by molar-refractivity contribution is 5.95. The fourth-order valence-corrected chi connectivity index (χ4v) is 2.79. The number of unbranched alkanes of at least 4 members (excludes halogenated alkanes) is 3. The van der Waals surface area contributed by atoms with E-state index in [0.29, 0.717) is 17.9 Å². The number of hydrogen-bond donors (Lipinski definition) is 2. The predicted octanol–water partition coefficient (Wildman–Crippen LogP) is 4.49. The van der Waals surface area contributed by atoms with Gasteiger partial charge in [-0.05, 0) is 68.7 Å². The second-order valence-electron chi connectivity index (χ2n) is 7.41. The summed E-state index contributed by atoms with van der Waals surface area (Å²) in [6.07, 6.45) is 3.82. The van der Waals surface area contributed by atoms with E-state index in [0.717, 1.165) is 29.7 Å². The SMILES string of the molecule is CCCCCCOc1ccc(C(=O)NNC(=O)C(C)Oc2cc(C)ccc2C)cc1. The van der Waals surface area contributed by atoms with E-state index >= 15 is 0 Å². The number of carbonyl (C=O) groups excluding carboxylic acids is 2. The van der Waals surface area contributed by atoms with Crippen LogP contribution < -0.4 is 20.3 Å². The molecule has 0 aliphatic heterocycles. The van der Waals surface area contributed by atoms with E-state index in [9.17, 15) is 9.59 Å². The van der Waals surface area contributed by atoms with Crippen molar-refractivity contribution in [2.45, 2.75) is 59.5 Å². The highest BCUT2D eigenvalue weighted by Gasteiger charge is 2.17. The molecule has 2 aromatic rings. The van der Waals surface area contributed by atoms with Crippen LogP contribution >= 0.6 is 0 Å². The van der Waals surface area contributed by atoms with Crippen LogP contribution in [0.15, 0.2) is 42.5 Å². The van der Waals surface area contributed by atoms with Crippen LogP contribution in [0.5, 0.6) is 11.5 Å². The zero-order valence-corrected chi connectivity index (χ0v) is 18.3. The van der Waals surface area contributed by atoms with Crippen LogP contribution in [-0.4, -0.2) is 24.5 Å². The van der Waals surface area contributed by atoms with Gasteiger partial charge in [0.15, 0.2) is 6.10 Å². The Morgan fingerprint density at radius 1 is 0.967 bits per heavy atom. The van der Waals surface area contributed by atoms with Gasteiger partial charge in [-0.1, -0.05) is 38.3 Å². The molecular formula is C24H32N2O4. The van der Waals surface area contributed by atoms with Gasteiger partial charge in [-0.25, -0.2) is 0 Å². The second kappa shape index (κ2) is 11.9. The van der Waals surface area contributed by atoms with E-state index in [1.54, 1.807) is 31.2 Å². The van der Waals surface area contributed by atoms with Crippen molar-refractivity contribution in [2.24, 2.45) is 0 Å². The normalized spacial score (nSPS) is 11.5. The lowest BCUT2D eigenvalue weighted by Gasteiger charge is -2.17. The number of ether oxygens (including phenoxy) is 2. The largest absolute Gasteiger partial charge is 0.494 e. The molecule has 1 atom stereocenters. The number of aryl methyl sites for hydroxylation is 2. The molecule has 0 fully saturated rings. The van der Waals surface area contributed by atoms with Crippen molar-refractivity contribution in [1.82, 2.24) is 10.9 Å². The molecule has 1 unspecified atom stereocenters. The molecule has 2 amide bonds. The molecule has 0 aliphatic rings. The Balaban J connectivity index is 1.78. The van der Waals surface area contributed by atoms with Crippen LogP contribution in [0.3, 0.4) is 0 Å². The fourth-order valence-electron chi connectivity index (χ4n) is 2.79. The van der Waals surface area contributed by atoms with Gasteiger partial charge in [0.2, 0.25) is 0 Å². The van der Waals surface area contributed by atoms with Gasteiger partial charge < -0.3 is 9.47 Å². The fraction of sp³-hybridized carbons (Fsp3) is 0.417. The third-order valence-corrected chi connectivity index (χ3v) is 4.70. The topological polar surface area (TPSA) is 76.7 Å². The minimum Gasteiger partial charge on any atom is -0.494 e. The molecule has 0 spiro atoms. The first-order valence-electron chi connectivity index (χ1n) is 10.5. The molecule has 6 heteroatoms. The first-order valence-corrected chi connectivity index (χ1v) is 10.5. The van der Waals surface area contributed by atoms with Gasteiger partial charge in [0.1, 0.15) is 11.5 Å². The Hall–Kier alpha value is -3.02. The maximum atomic E-state index is 12.3. The number of rotatable bonds is 10. The molecule has 162 valence electrons. The quantitative estimate of drug-likeness (QED) is 0.445. The van der Waals surface area contributed by atoms with Crippen molar-refractivity contribution < 1.29 is 19.1 Å². The number of hydrazine groups is 1. The van der Waals surface area contributed by atoms with Crippen LogP contribution in [-0.2, 0) is 4.79 Å². The summed E-state index contributed by atoms with van der Waals surface area (Å²) in [5, 5.41) is 0. The highest BCUT2D eigenvalue weighted by atomic mass is 16.5. The summed E-state index contributed by atoms with van der Waals surface area (Å²) < 4.78 is 11.4. The molecule has 0 saturated carbocycles. The van der Waals surface area contributed by atoms with Gasteiger partial charge in [-0.15, -0.1) is 0 Å². The molecule has 2 N–H and O–H groups in total. The molecule has 2 rings (SSSR count). The lowest BCUT2D eigenvalue weighted by Crippen LogP contribution is -2.47. The van der Waals surface area contributed by atoms with E-state index in [1.165, 1.54) is 12.8 Å². The highest BCUT2D eigenvalue weighted by Crippen LogP contribution is 2.20. The van der Waals surface area contributed by atoms with Crippen LogP contribution in [0.25, 0.3) is 0 Å². The smallest absolute Gasteiger partial charge is 0.279 e. The molecular weight excluding hydrogens is 380 g/mol. The van der Waals surface area contributed by atoms with Gasteiger partial charge in [0.05, 0.1) is 6.61 Å². The Labute approximate surface area is 178 Å². The molecule has 0 heterocycles. The van der Waals surface area contributed by atoms with E-state index in [2.05, 4.69) is 17.8 Å². The minimum absolute atomic E-state index is 0.406. The zero-order valence-electron chi connectivity index (χ0n) is 18.3. The summed E-state index contributed by atoms with van der Waals surface area (Å²) >= 11 is 0. The van der Waals surface area contributed by atoms with Crippen molar-refractivity contribution >= 4 is 11.8 Å². The Bertz CT molecular complexity index is 834. The van der Waals surface area contributed by atoms with Crippen molar-refractivity contribution in [2.75, 3.05) is 6.61 Å². The summed E-state index contributed by atoms with van der Waals surface area (Å²) in [6, 6.07) is 12.6. The number of nitrogens with one attached hydrogen (secondary N) is 2. The van der Waals surface area contributed by atoms with Crippen molar-refractivity contribution in [1.29, 1.82) is 0 Å². The minimum atomic E-state index is -0.755. The van der Waals surface area contributed by atoms with Gasteiger partial charge in [-0.2, -0.15) is 0 Å². The average molecular weight is 413 g/mol. The van der Waals surface area contributed by atoms with Crippen molar-refractivity contribution in [3.63, 3.8) is 0 Å². The number of hydrogen-bond acceptors (Lipinski definition) is 4. The molecule has 2 aromatic carbocycles. The number of benzene rings is 2. The molecule has 0 radical (unpaired) electrons. The lowest BCUT2D eigenvalue weighted by atomic mass is 10.1. The Morgan fingerprint density at radius 3 is 2.40 bits per heavy atom. The first-order chi connectivity index (χ1) is 14.4. The van der Waals surface area contributed by atoms with Gasteiger partial charge in [0, 0.05) is 5.56 Å². The molecule has 6 nitrogen and oxygen atoms in total. The number of amides is 2. The standard InChI is InChI=1S/C24H32N2O4/c1-5-6-7-8-15-29-21-13-11-20(12-14-21)24(28)26-25-23(27)19(4)30-22-16-17(2)9-10-18(22)3/h9-14,16,19H,5-8,15H2,1-4H3,(H,25,27)(H,26,28). The summed E-state index contributed by atoms with van der Waals surface area (Å²) in [7, 11) is 0. The average Bonchev–Trinajstić information content (AvgIpc) is 2.74. The van der Waals surface area contributed by atoms with Gasteiger partial charge in [0.25, 0.3) is 11.8 Å². The maximum Gasteiger partial charge on any atom is 0.279 e. The lowest BCUT2D eigenvalue weighted by molar-refractivity contribution is -0.128. The van der Waals surface area contributed by atoms with E-state index in [-0.39, 0.29) is 0 Å². The molecule has 30 heavy (non-hydrogen) atoms. The second-order valence-corrected chi connectivity index (χ2v) is 7.41. The van der Waals surface area contributed by atoms with Crippen LogP contribution in [0.2, 0.25) is 0 Å². The third kappa shape index (κ3) is 7.43. The van der Waals surface area contributed by atoms with E-state index < -0.39 is 17.9 Å². The van der Waals surface area contributed by atoms with Gasteiger partial charge in [-0.3, -0.25) is 20.4 Å². The van der Waals surface area contributed by atoms with Crippen molar-refractivity contribution in [3.8, 4) is 11.5 Å². The van der Waals surface area contributed by atoms with E-state index in [4.69, 9.17) is 9.47 Å². The van der Waals surface area contributed by atoms with Crippen LogP contribution in [0.1, 0.15) is 61.0 Å². The van der Waals surface area contributed by atoms with Crippen molar-refractivity contribution in [3.05, 3.63) is 59.2 Å². The summed E-state index contributed by atoms with van der Waals surface area (Å²) in [4.78, 5) is 24.5. The molecule has 0 aliphatic carbocycles. The number of carbonyl (C=O) groups is 2. The van der Waals surface area contributed by atoms with Crippen LogP contribution in [0, 0.1) is 13.8 Å². The first kappa shape index (κ1) is 23.3. The van der Waals surface area contributed by atoms with Crippen LogP contribution in [0.4, 0.5) is 0 Å². The maximum absolute atomic E-state index is 12.3. The predicted molar refractivity (Wildman–Crippen MR) is 118 cm³/mol. The molecule has 0 aromatic heterocycles. The Kier molecular flexibility index (Phi) is 9.19. The summed E-state index contributed by atoms with van der Waals surface area (Å²) in [6.45, 7) is 8.35. The third-order valence-electron chi connectivity index (χ3n) is 4.70. The van der Waals surface area contributed by atoms with E-state index in [1.807, 2.05) is 32.0 Å². The summed E-state index contributed by atoms with van der Waals surface area (Å²) in [5.41, 5.74) is 7.24.